The van der Waals surface area contributed by atoms with E-state index in [-0.39, 0.29) is 23.9 Å². The average Bonchev–Trinajstić information content (AvgIpc) is 2.76. The number of aryl methyl sites for hydroxylation is 1. The monoisotopic (exact) mass is 458 g/mol. The van der Waals surface area contributed by atoms with Crippen LogP contribution in [-0.4, -0.2) is 17.7 Å². The molecule has 0 aromatic heterocycles. The van der Waals surface area contributed by atoms with E-state index in [0.29, 0.717) is 11.6 Å². The summed E-state index contributed by atoms with van der Waals surface area (Å²) < 4.78 is 50.0. The van der Waals surface area contributed by atoms with E-state index in [0.717, 1.165) is 28.9 Å². The van der Waals surface area contributed by atoms with Crippen LogP contribution in [0.3, 0.4) is 0 Å². The highest BCUT2D eigenvalue weighted by Crippen LogP contribution is 2.40. The zero-order valence-corrected chi connectivity index (χ0v) is 18.1. The molecule has 3 aromatic carbocycles. The van der Waals surface area contributed by atoms with E-state index in [4.69, 9.17) is 9.47 Å². The maximum absolute atomic E-state index is 12.9. The molecule has 0 atom stereocenters. The van der Waals surface area contributed by atoms with E-state index in [2.05, 4.69) is 4.99 Å². The largest absolute Gasteiger partial charge is 0.490 e. The molecule has 33 heavy (non-hydrogen) atoms. The van der Waals surface area contributed by atoms with Gasteiger partial charge in [-0.05, 0) is 73.9 Å². The lowest BCUT2D eigenvalue weighted by Crippen LogP contribution is -2.06. The van der Waals surface area contributed by atoms with Crippen molar-refractivity contribution in [2.24, 2.45) is 4.99 Å². The number of alkyl halides is 3. The van der Waals surface area contributed by atoms with Crippen LogP contribution in [0.15, 0.2) is 59.6 Å². The highest BCUT2D eigenvalue weighted by Gasteiger charge is 2.33. The summed E-state index contributed by atoms with van der Waals surface area (Å²) in [5, 5.41) is 11.3. The van der Waals surface area contributed by atoms with Crippen molar-refractivity contribution in [2.45, 2.75) is 26.9 Å². The van der Waals surface area contributed by atoms with Gasteiger partial charge in [0.25, 0.3) is 0 Å². The van der Waals surface area contributed by atoms with Gasteiger partial charge in [-0.15, -0.1) is 0 Å². The summed E-state index contributed by atoms with van der Waals surface area (Å²) in [5.74, 6) is 0.0750. The van der Waals surface area contributed by atoms with Crippen molar-refractivity contribution in [1.29, 1.82) is 0 Å². The number of aliphatic imine (C=N–C) groups is 1. The molecule has 0 saturated heterocycles. The minimum Gasteiger partial charge on any atom is -0.490 e. The molecular formula is C24H21F3N2O4. The predicted molar refractivity (Wildman–Crippen MR) is 119 cm³/mol. The van der Waals surface area contributed by atoms with Crippen LogP contribution < -0.4 is 9.47 Å². The van der Waals surface area contributed by atoms with Gasteiger partial charge in [0.1, 0.15) is 0 Å². The number of nitro benzene ring substituents is 1. The van der Waals surface area contributed by atoms with Crippen molar-refractivity contribution in [2.75, 3.05) is 6.61 Å². The van der Waals surface area contributed by atoms with Crippen molar-refractivity contribution in [3.63, 3.8) is 0 Å². The molecule has 0 aliphatic carbocycles. The van der Waals surface area contributed by atoms with Crippen molar-refractivity contribution in [1.82, 2.24) is 0 Å². The van der Waals surface area contributed by atoms with E-state index < -0.39 is 22.4 Å². The zero-order valence-electron chi connectivity index (χ0n) is 18.1. The van der Waals surface area contributed by atoms with Crippen molar-refractivity contribution in [3.8, 4) is 17.2 Å². The summed E-state index contributed by atoms with van der Waals surface area (Å²) in [7, 11) is 0. The topological polar surface area (TPSA) is 74.0 Å². The Morgan fingerprint density at radius 3 is 2.42 bits per heavy atom. The van der Waals surface area contributed by atoms with Crippen LogP contribution >= 0.6 is 0 Å². The Bertz CT molecular complexity index is 1210. The normalized spacial score (nSPS) is 11.6. The first-order valence-corrected chi connectivity index (χ1v) is 10.0. The van der Waals surface area contributed by atoms with Gasteiger partial charge in [0.15, 0.2) is 11.5 Å². The lowest BCUT2D eigenvalue weighted by molar-refractivity contribution is -0.385. The highest BCUT2D eigenvalue weighted by atomic mass is 19.4. The maximum atomic E-state index is 12.9. The van der Waals surface area contributed by atoms with E-state index in [1.54, 1.807) is 25.3 Å². The van der Waals surface area contributed by atoms with Crippen LogP contribution in [0.5, 0.6) is 17.2 Å². The first-order chi connectivity index (χ1) is 15.6. The Morgan fingerprint density at radius 1 is 1.03 bits per heavy atom. The second kappa shape index (κ2) is 9.72. The van der Waals surface area contributed by atoms with E-state index in [1.165, 1.54) is 6.07 Å². The Labute approximate surface area is 188 Å². The Hall–Kier alpha value is -3.88. The van der Waals surface area contributed by atoms with Gasteiger partial charge in [0.05, 0.1) is 22.8 Å². The van der Waals surface area contributed by atoms with Gasteiger partial charge in [-0.3, -0.25) is 15.1 Å². The molecule has 0 N–H and O–H groups in total. The molecule has 0 aliphatic heterocycles. The molecule has 0 radical (unpaired) electrons. The minimum absolute atomic E-state index is 0.128. The SMILES string of the molecule is CCOc1cc(C=Nc2cccc(C)c2C)ccc1Oc1ccc(C(F)(F)F)cc1[N+](=O)[O-]. The lowest BCUT2D eigenvalue weighted by atomic mass is 10.1. The molecule has 6 nitrogen and oxygen atoms in total. The first-order valence-electron chi connectivity index (χ1n) is 10.0. The number of halogens is 3. The fourth-order valence-electron chi connectivity index (χ4n) is 3.02. The van der Waals surface area contributed by atoms with Crippen LogP contribution in [0.2, 0.25) is 0 Å². The fraction of sp³-hybridized carbons (Fsp3) is 0.208. The molecule has 9 heteroatoms. The maximum Gasteiger partial charge on any atom is 0.416 e. The van der Waals surface area contributed by atoms with Gasteiger partial charge in [-0.2, -0.15) is 13.2 Å². The third-order valence-corrected chi connectivity index (χ3v) is 4.90. The van der Waals surface area contributed by atoms with Crippen molar-refractivity contribution < 1.29 is 27.6 Å². The van der Waals surface area contributed by atoms with Gasteiger partial charge < -0.3 is 9.47 Å². The molecule has 0 bridgehead atoms. The number of nitrogens with zero attached hydrogens (tertiary/aromatic N) is 2. The number of hydrogen-bond donors (Lipinski definition) is 0. The average molecular weight is 458 g/mol. The van der Waals surface area contributed by atoms with Crippen LogP contribution in [0.25, 0.3) is 0 Å². The second-order valence-corrected chi connectivity index (χ2v) is 7.16. The first kappa shape index (κ1) is 23.8. The van der Waals surface area contributed by atoms with Crippen LogP contribution in [0.4, 0.5) is 24.5 Å². The molecule has 0 heterocycles. The summed E-state index contributed by atoms with van der Waals surface area (Å²) in [6, 6.07) is 12.7. The minimum atomic E-state index is -4.71. The molecule has 0 aliphatic rings. The third kappa shape index (κ3) is 5.68. The predicted octanol–water partition coefficient (Wildman–Crippen LogP) is 7.17. The summed E-state index contributed by atoms with van der Waals surface area (Å²) in [6.45, 7) is 6.00. The lowest BCUT2D eigenvalue weighted by Gasteiger charge is -2.13. The van der Waals surface area contributed by atoms with Gasteiger partial charge >= 0.3 is 11.9 Å². The van der Waals surface area contributed by atoms with E-state index >= 15 is 0 Å². The van der Waals surface area contributed by atoms with Crippen LogP contribution in [-0.2, 0) is 6.18 Å². The van der Waals surface area contributed by atoms with Crippen molar-refractivity contribution in [3.05, 3.63) is 87.0 Å². The van der Waals surface area contributed by atoms with Crippen LogP contribution in [0, 0.1) is 24.0 Å². The summed E-state index contributed by atoms with van der Waals surface area (Å²) in [4.78, 5) is 14.9. The summed E-state index contributed by atoms with van der Waals surface area (Å²) >= 11 is 0. The third-order valence-electron chi connectivity index (χ3n) is 4.90. The molecule has 0 saturated carbocycles. The Morgan fingerprint density at radius 2 is 1.76 bits per heavy atom. The van der Waals surface area contributed by atoms with Crippen LogP contribution in [0.1, 0.15) is 29.2 Å². The number of benzene rings is 3. The van der Waals surface area contributed by atoms with E-state index in [9.17, 15) is 23.3 Å². The molecule has 0 unspecified atom stereocenters. The quantitative estimate of drug-likeness (QED) is 0.214. The molecule has 172 valence electrons. The van der Waals surface area contributed by atoms with E-state index in [1.807, 2.05) is 32.0 Å². The van der Waals surface area contributed by atoms with Gasteiger partial charge in [0.2, 0.25) is 5.75 Å². The zero-order chi connectivity index (χ0) is 24.2. The summed E-state index contributed by atoms with van der Waals surface area (Å²) in [6.07, 6.45) is -3.06. The molecule has 0 spiro atoms. The number of nitro groups is 1. The van der Waals surface area contributed by atoms with Gasteiger partial charge in [-0.25, -0.2) is 0 Å². The standard InChI is InChI=1S/C24H21F3N2O4/c1-4-32-23-12-17(14-28-19-7-5-6-15(2)16(19)3)8-10-22(23)33-21-11-9-18(24(25,26)27)13-20(21)29(30)31/h5-14H,4H2,1-3H3. The number of ether oxygens (including phenoxy) is 2. The Kier molecular flexibility index (Phi) is 7.01. The van der Waals surface area contributed by atoms with Gasteiger partial charge in [-0.1, -0.05) is 12.1 Å². The molecular weight excluding hydrogens is 437 g/mol. The Balaban J connectivity index is 1.94. The number of hydrogen-bond acceptors (Lipinski definition) is 5. The smallest absolute Gasteiger partial charge is 0.416 e. The second-order valence-electron chi connectivity index (χ2n) is 7.16. The molecule has 3 aromatic rings. The van der Waals surface area contributed by atoms with Gasteiger partial charge in [0, 0.05) is 12.3 Å². The molecule has 0 amide bonds. The number of rotatable bonds is 7. The fourth-order valence-corrected chi connectivity index (χ4v) is 3.02. The van der Waals surface area contributed by atoms with Crippen molar-refractivity contribution >= 4 is 17.6 Å². The molecule has 3 rings (SSSR count). The molecule has 0 fully saturated rings. The highest BCUT2D eigenvalue weighted by molar-refractivity contribution is 5.83. The summed E-state index contributed by atoms with van der Waals surface area (Å²) in [5.41, 5.74) is 1.73.